The van der Waals surface area contributed by atoms with Crippen LogP contribution in [-0.2, 0) is 11.2 Å². The Kier molecular flexibility index (Phi) is 3.45. The van der Waals surface area contributed by atoms with Gasteiger partial charge in [0.15, 0.2) is 6.33 Å². The van der Waals surface area contributed by atoms with Crippen molar-refractivity contribution in [2.24, 2.45) is 0 Å². The van der Waals surface area contributed by atoms with Gasteiger partial charge in [-0.3, -0.25) is 0 Å². The Morgan fingerprint density at radius 1 is 1.50 bits per heavy atom. The summed E-state index contributed by atoms with van der Waals surface area (Å²) in [6.45, 7) is 0.309. The van der Waals surface area contributed by atoms with Crippen LogP contribution >= 0.6 is 0 Å². The molecule has 0 aromatic carbocycles. The van der Waals surface area contributed by atoms with Crippen LogP contribution in [-0.4, -0.2) is 39.3 Å². The monoisotopic (exact) mass is 254 g/mol. The van der Waals surface area contributed by atoms with Gasteiger partial charge in [0.2, 0.25) is 5.89 Å². The number of nitrogens with one attached hydrogen (secondary N) is 2. The molecule has 0 aliphatic heterocycles. The van der Waals surface area contributed by atoms with Gasteiger partial charge in [-0.25, -0.2) is 9.59 Å². The fraction of sp³-hybridized carbons (Fsp3) is 0.600. The second-order valence-electron chi connectivity index (χ2n) is 4.21. The van der Waals surface area contributed by atoms with Crippen molar-refractivity contribution in [3.63, 3.8) is 0 Å². The quantitative estimate of drug-likeness (QED) is 0.676. The fourth-order valence-electron chi connectivity index (χ4n) is 1.77. The van der Waals surface area contributed by atoms with Gasteiger partial charge in [0.25, 0.3) is 0 Å². The highest BCUT2D eigenvalue weighted by Gasteiger charge is 2.45. The van der Waals surface area contributed by atoms with E-state index in [9.17, 15) is 9.59 Å². The van der Waals surface area contributed by atoms with Crippen LogP contribution in [0.3, 0.4) is 0 Å². The summed E-state index contributed by atoms with van der Waals surface area (Å²) in [5.74, 6) is -0.562. The number of carbonyl (C=O) groups is 2. The van der Waals surface area contributed by atoms with E-state index in [-0.39, 0.29) is 0 Å². The maximum Gasteiger partial charge on any atom is 0.329 e. The van der Waals surface area contributed by atoms with E-state index in [2.05, 4.69) is 20.8 Å². The average Bonchev–Trinajstić information content (AvgIpc) is 2.76. The van der Waals surface area contributed by atoms with Gasteiger partial charge < -0.3 is 20.3 Å². The summed E-state index contributed by atoms with van der Waals surface area (Å²) in [6, 6.07) is -0.489. The molecule has 0 radical (unpaired) electrons. The van der Waals surface area contributed by atoms with Crippen molar-refractivity contribution in [2.45, 2.75) is 31.2 Å². The Labute approximate surface area is 103 Å². The van der Waals surface area contributed by atoms with Gasteiger partial charge in [-0.2, -0.15) is 4.98 Å². The van der Waals surface area contributed by atoms with Crippen molar-refractivity contribution >= 4 is 12.0 Å². The lowest BCUT2D eigenvalue weighted by Gasteiger charge is -2.38. The number of carboxylic acid groups (broad SMARTS) is 1. The summed E-state index contributed by atoms with van der Waals surface area (Å²) in [5.41, 5.74) is -1.09. The normalized spacial score (nSPS) is 16.7. The highest BCUT2D eigenvalue weighted by atomic mass is 16.5. The summed E-state index contributed by atoms with van der Waals surface area (Å²) >= 11 is 0. The number of hydrogen-bond acceptors (Lipinski definition) is 5. The van der Waals surface area contributed by atoms with Crippen LogP contribution in [0.1, 0.15) is 25.2 Å². The van der Waals surface area contributed by atoms with Gasteiger partial charge >= 0.3 is 12.0 Å². The first-order chi connectivity index (χ1) is 8.62. The molecule has 0 unspecified atom stereocenters. The minimum absolute atomic E-state index is 0.309. The van der Waals surface area contributed by atoms with E-state index >= 15 is 0 Å². The molecule has 8 nitrogen and oxygen atoms in total. The first-order valence-electron chi connectivity index (χ1n) is 5.67. The molecule has 2 rings (SSSR count). The van der Waals surface area contributed by atoms with Crippen LogP contribution in [0.5, 0.6) is 0 Å². The van der Waals surface area contributed by atoms with Crippen LogP contribution in [0.4, 0.5) is 4.79 Å². The second-order valence-corrected chi connectivity index (χ2v) is 4.21. The fourth-order valence-corrected chi connectivity index (χ4v) is 1.77. The molecule has 0 spiro atoms. The zero-order valence-electron chi connectivity index (χ0n) is 9.68. The molecule has 3 N–H and O–H groups in total. The molecule has 18 heavy (non-hydrogen) atoms. The molecule has 98 valence electrons. The van der Waals surface area contributed by atoms with E-state index in [1.54, 1.807) is 0 Å². The van der Waals surface area contributed by atoms with E-state index in [0.29, 0.717) is 31.7 Å². The van der Waals surface area contributed by atoms with Crippen LogP contribution in [0.25, 0.3) is 0 Å². The molecule has 1 aromatic heterocycles. The lowest BCUT2D eigenvalue weighted by molar-refractivity contribution is -0.148. The van der Waals surface area contributed by atoms with Crippen LogP contribution in [0, 0.1) is 0 Å². The predicted octanol–water partition coefficient (Wildman–Crippen LogP) is -0.0814. The smallest absolute Gasteiger partial charge is 0.329 e. The number of amides is 2. The average molecular weight is 254 g/mol. The molecule has 2 amide bonds. The van der Waals surface area contributed by atoms with Crippen LogP contribution in [0.15, 0.2) is 10.9 Å². The lowest BCUT2D eigenvalue weighted by atomic mass is 9.77. The third kappa shape index (κ3) is 2.58. The molecule has 1 heterocycles. The van der Waals surface area contributed by atoms with Gasteiger partial charge in [-0.05, 0) is 19.3 Å². The molecule has 1 aliphatic rings. The van der Waals surface area contributed by atoms with Crippen molar-refractivity contribution in [2.75, 3.05) is 6.54 Å². The van der Waals surface area contributed by atoms with Crippen molar-refractivity contribution in [3.8, 4) is 0 Å². The van der Waals surface area contributed by atoms with E-state index in [1.807, 2.05) is 0 Å². The maximum absolute atomic E-state index is 11.5. The minimum Gasteiger partial charge on any atom is -0.480 e. The van der Waals surface area contributed by atoms with Gasteiger partial charge in [-0.1, -0.05) is 5.16 Å². The van der Waals surface area contributed by atoms with Crippen molar-refractivity contribution < 1.29 is 19.2 Å². The van der Waals surface area contributed by atoms with Gasteiger partial charge in [-0.15, -0.1) is 0 Å². The van der Waals surface area contributed by atoms with E-state index in [4.69, 9.17) is 9.63 Å². The largest absolute Gasteiger partial charge is 0.480 e. The van der Waals surface area contributed by atoms with Gasteiger partial charge in [0.05, 0.1) is 0 Å². The Hall–Kier alpha value is -2.12. The molecular weight excluding hydrogens is 240 g/mol. The van der Waals surface area contributed by atoms with Crippen molar-refractivity contribution in [1.82, 2.24) is 20.8 Å². The van der Waals surface area contributed by atoms with Crippen LogP contribution < -0.4 is 10.6 Å². The first kappa shape index (κ1) is 12.3. The summed E-state index contributed by atoms with van der Waals surface area (Å²) in [7, 11) is 0. The molecule has 1 saturated carbocycles. The van der Waals surface area contributed by atoms with E-state index < -0.39 is 17.5 Å². The Bertz CT molecular complexity index is 427. The Balaban J connectivity index is 1.73. The standard InChI is InChI=1S/C10H14N4O4/c15-8(16)10(3-1-4-10)14-9(17)11-5-2-7-12-6-13-18-7/h6H,1-5H2,(H,15,16)(H2,11,14,17). The molecule has 8 heteroatoms. The third-order valence-corrected chi connectivity index (χ3v) is 3.00. The number of aliphatic carboxylic acids is 1. The summed E-state index contributed by atoms with van der Waals surface area (Å²) in [6.07, 6.45) is 3.45. The lowest BCUT2D eigenvalue weighted by Crippen LogP contribution is -2.61. The predicted molar refractivity (Wildman–Crippen MR) is 58.8 cm³/mol. The number of aromatic nitrogens is 2. The molecule has 0 atom stereocenters. The number of carbonyl (C=O) groups excluding carboxylic acids is 1. The Morgan fingerprint density at radius 3 is 2.78 bits per heavy atom. The highest BCUT2D eigenvalue weighted by Crippen LogP contribution is 2.31. The van der Waals surface area contributed by atoms with E-state index in [0.717, 1.165) is 6.42 Å². The molecule has 1 fully saturated rings. The summed E-state index contributed by atoms with van der Waals surface area (Å²) in [4.78, 5) is 26.4. The van der Waals surface area contributed by atoms with Crippen molar-refractivity contribution in [1.29, 1.82) is 0 Å². The first-order valence-corrected chi connectivity index (χ1v) is 5.67. The number of urea groups is 1. The van der Waals surface area contributed by atoms with Crippen LogP contribution in [0.2, 0.25) is 0 Å². The number of rotatable bonds is 5. The number of nitrogens with zero attached hydrogens (tertiary/aromatic N) is 2. The summed E-state index contributed by atoms with van der Waals surface area (Å²) in [5, 5.41) is 17.5. The maximum atomic E-state index is 11.5. The Morgan fingerprint density at radius 2 is 2.28 bits per heavy atom. The SMILES string of the molecule is O=C(NCCc1ncno1)NC1(C(=O)O)CCC1. The number of hydrogen-bond donors (Lipinski definition) is 3. The highest BCUT2D eigenvalue weighted by molar-refractivity contribution is 5.87. The zero-order chi connectivity index (χ0) is 13.0. The molecular formula is C10H14N4O4. The molecule has 1 aromatic rings. The van der Waals surface area contributed by atoms with Crippen molar-refractivity contribution in [3.05, 3.63) is 12.2 Å². The van der Waals surface area contributed by atoms with Gasteiger partial charge in [0.1, 0.15) is 5.54 Å². The van der Waals surface area contributed by atoms with Gasteiger partial charge in [0, 0.05) is 13.0 Å². The number of carboxylic acids is 1. The third-order valence-electron chi connectivity index (χ3n) is 3.00. The molecule has 1 aliphatic carbocycles. The zero-order valence-corrected chi connectivity index (χ0v) is 9.68. The molecule has 0 saturated heterocycles. The molecule has 0 bridgehead atoms. The minimum atomic E-state index is -1.09. The topological polar surface area (TPSA) is 117 Å². The second kappa shape index (κ2) is 5.03. The summed E-state index contributed by atoms with van der Waals surface area (Å²) < 4.78 is 4.76. The van der Waals surface area contributed by atoms with E-state index in [1.165, 1.54) is 6.33 Å².